The van der Waals surface area contributed by atoms with E-state index in [-0.39, 0.29) is 39.7 Å². The molecule has 2 amide bonds. The number of halogens is 1. The number of carbonyl (C=O) groups excluding carboxylic acids is 3. The van der Waals surface area contributed by atoms with E-state index in [9.17, 15) is 19.2 Å². The van der Waals surface area contributed by atoms with Crippen molar-refractivity contribution in [3.63, 3.8) is 0 Å². The number of nitrogens with one attached hydrogen (secondary N) is 1. The minimum Gasteiger partial charge on any atom is -0.462 e. The number of hydrogen-bond acceptors (Lipinski definition) is 5. The molecule has 0 aliphatic carbocycles. The van der Waals surface area contributed by atoms with Crippen molar-refractivity contribution >= 4 is 46.1 Å². The van der Waals surface area contributed by atoms with Gasteiger partial charge in [-0.05, 0) is 48.9 Å². The van der Waals surface area contributed by atoms with Crippen molar-refractivity contribution in [1.29, 1.82) is 0 Å². The number of benzene rings is 3. The highest BCUT2D eigenvalue weighted by Gasteiger charge is 2.38. The standard InChI is InChI=1S/C25H18ClN3O5/c26-18-6-1-3-8-20(18)29-22(30)16-11-10-15(14-17(16)23(29)31)24(32)34-13-5-12-28-21-9-4-2-7-19(21)27-25(28)33/h1-4,6-11,14H,5,12-13H2,(H,27,33). The van der Waals surface area contributed by atoms with E-state index in [1.54, 1.807) is 28.8 Å². The molecule has 0 spiro atoms. The van der Waals surface area contributed by atoms with Crippen LogP contribution in [0.2, 0.25) is 5.02 Å². The highest BCUT2D eigenvalue weighted by molar-refractivity contribution is 6.39. The summed E-state index contributed by atoms with van der Waals surface area (Å²) in [6.45, 7) is 0.459. The number of amides is 2. The molecule has 0 saturated heterocycles. The third-order valence-corrected chi connectivity index (χ3v) is 5.98. The van der Waals surface area contributed by atoms with Crippen LogP contribution in [0.3, 0.4) is 0 Å². The van der Waals surface area contributed by atoms with Gasteiger partial charge in [0.05, 0.1) is 45.0 Å². The molecule has 4 aromatic rings. The van der Waals surface area contributed by atoms with E-state index in [1.165, 1.54) is 18.2 Å². The number of anilines is 1. The van der Waals surface area contributed by atoms with E-state index in [1.807, 2.05) is 24.3 Å². The lowest BCUT2D eigenvalue weighted by molar-refractivity contribution is 0.0496. The number of aromatic amines is 1. The second-order valence-electron chi connectivity index (χ2n) is 7.75. The van der Waals surface area contributed by atoms with Gasteiger partial charge in [0.2, 0.25) is 0 Å². The number of carbonyl (C=O) groups is 3. The third-order valence-electron chi connectivity index (χ3n) is 5.66. The summed E-state index contributed by atoms with van der Waals surface area (Å²) >= 11 is 6.17. The number of ether oxygens (including phenoxy) is 1. The van der Waals surface area contributed by atoms with Gasteiger partial charge in [0, 0.05) is 6.54 Å². The first-order valence-electron chi connectivity index (χ1n) is 10.6. The maximum absolute atomic E-state index is 12.9. The van der Waals surface area contributed by atoms with E-state index >= 15 is 0 Å². The minimum atomic E-state index is -0.620. The van der Waals surface area contributed by atoms with Gasteiger partial charge < -0.3 is 9.72 Å². The number of rotatable bonds is 6. The molecule has 2 heterocycles. The first-order valence-corrected chi connectivity index (χ1v) is 11.0. The summed E-state index contributed by atoms with van der Waals surface area (Å²) in [5.41, 5.74) is 2.05. The number of H-pyrrole nitrogens is 1. The fourth-order valence-corrected chi connectivity index (χ4v) is 4.24. The van der Waals surface area contributed by atoms with Gasteiger partial charge in [0.25, 0.3) is 11.8 Å². The summed E-state index contributed by atoms with van der Waals surface area (Å²) in [6.07, 6.45) is 0.427. The first-order chi connectivity index (χ1) is 16.5. The molecule has 170 valence electrons. The average molecular weight is 476 g/mol. The fraction of sp³-hybridized carbons (Fsp3) is 0.120. The van der Waals surface area contributed by atoms with Crippen LogP contribution >= 0.6 is 11.6 Å². The summed E-state index contributed by atoms with van der Waals surface area (Å²) in [5.74, 6) is -1.68. The van der Waals surface area contributed by atoms with Crippen LogP contribution in [0.4, 0.5) is 5.69 Å². The van der Waals surface area contributed by atoms with Crippen LogP contribution in [0.25, 0.3) is 11.0 Å². The molecular formula is C25H18ClN3O5. The summed E-state index contributed by atoms with van der Waals surface area (Å²) < 4.78 is 6.92. The zero-order chi connectivity index (χ0) is 23.8. The zero-order valence-corrected chi connectivity index (χ0v) is 18.5. The molecule has 34 heavy (non-hydrogen) atoms. The molecule has 0 bridgehead atoms. The summed E-state index contributed by atoms with van der Waals surface area (Å²) in [6, 6.07) is 18.1. The predicted molar refractivity (Wildman–Crippen MR) is 126 cm³/mol. The lowest BCUT2D eigenvalue weighted by atomic mass is 10.1. The molecule has 3 aromatic carbocycles. The Morgan fingerprint density at radius 2 is 1.65 bits per heavy atom. The highest BCUT2D eigenvalue weighted by atomic mass is 35.5. The van der Waals surface area contributed by atoms with Gasteiger partial charge in [0.1, 0.15) is 0 Å². The summed E-state index contributed by atoms with van der Waals surface area (Å²) in [5, 5.41) is 0.269. The Morgan fingerprint density at radius 3 is 2.47 bits per heavy atom. The number of para-hydroxylation sites is 3. The molecule has 0 fully saturated rings. The largest absolute Gasteiger partial charge is 0.462 e. The highest BCUT2D eigenvalue weighted by Crippen LogP contribution is 2.33. The molecule has 5 rings (SSSR count). The predicted octanol–water partition coefficient (Wildman–Crippen LogP) is 4.03. The van der Waals surface area contributed by atoms with Crippen molar-refractivity contribution in [3.8, 4) is 0 Å². The summed E-state index contributed by atoms with van der Waals surface area (Å²) in [4.78, 5) is 54.2. The van der Waals surface area contributed by atoms with Crippen LogP contribution < -0.4 is 10.6 Å². The molecule has 1 aliphatic rings. The molecule has 9 heteroatoms. The smallest absolute Gasteiger partial charge is 0.338 e. The van der Waals surface area contributed by atoms with Crippen molar-refractivity contribution in [2.75, 3.05) is 11.5 Å². The van der Waals surface area contributed by atoms with E-state index in [0.717, 1.165) is 15.9 Å². The lowest BCUT2D eigenvalue weighted by Crippen LogP contribution is -2.29. The number of imide groups is 1. The zero-order valence-electron chi connectivity index (χ0n) is 17.8. The Hall–Kier alpha value is -4.17. The lowest BCUT2D eigenvalue weighted by Gasteiger charge is -2.15. The Kier molecular flexibility index (Phi) is 5.51. The minimum absolute atomic E-state index is 0.0838. The Bertz CT molecular complexity index is 1520. The van der Waals surface area contributed by atoms with Crippen LogP contribution in [-0.4, -0.2) is 33.9 Å². The van der Waals surface area contributed by atoms with Gasteiger partial charge in [-0.2, -0.15) is 0 Å². The topological polar surface area (TPSA) is 101 Å². The van der Waals surface area contributed by atoms with Crippen molar-refractivity contribution in [3.05, 3.63) is 98.9 Å². The molecule has 1 N–H and O–H groups in total. The second-order valence-corrected chi connectivity index (χ2v) is 8.15. The van der Waals surface area contributed by atoms with Gasteiger partial charge in [-0.3, -0.25) is 14.2 Å². The number of esters is 1. The molecule has 1 aromatic heterocycles. The first kappa shape index (κ1) is 21.7. The fourth-order valence-electron chi connectivity index (χ4n) is 4.02. The van der Waals surface area contributed by atoms with Gasteiger partial charge in [-0.25, -0.2) is 14.5 Å². The average Bonchev–Trinajstić information content (AvgIpc) is 3.29. The van der Waals surface area contributed by atoms with E-state index in [2.05, 4.69) is 4.98 Å². The van der Waals surface area contributed by atoms with Crippen molar-refractivity contribution < 1.29 is 19.1 Å². The molecule has 0 saturated carbocycles. The van der Waals surface area contributed by atoms with Crippen LogP contribution in [0, 0.1) is 0 Å². The van der Waals surface area contributed by atoms with E-state index < -0.39 is 17.8 Å². The molecule has 1 aliphatic heterocycles. The SMILES string of the molecule is O=C(OCCCn1c(=O)[nH]c2ccccc21)c1ccc2c(c1)C(=O)N(c1ccccc1Cl)C2=O. The normalized spacial score (nSPS) is 12.9. The van der Waals surface area contributed by atoms with Crippen LogP contribution in [0.5, 0.6) is 0 Å². The molecule has 8 nitrogen and oxygen atoms in total. The second kappa shape index (κ2) is 8.64. The van der Waals surface area contributed by atoms with Crippen molar-refractivity contribution in [1.82, 2.24) is 9.55 Å². The number of hydrogen-bond donors (Lipinski definition) is 1. The number of nitrogens with zero attached hydrogens (tertiary/aromatic N) is 2. The van der Waals surface area contributed by atoms with Crippen LogP contribution in [0.15, 0.2) is 71.5 Å². The summed E-state index contributed by atoms with van der Waals surface area (Å²) in [7, 11) is 0. The van der Waals surface area contributed by atoms with Gasteiger partial charge in [0.15, 0.2) is 0 Å². The van der Waals surface area contributed by atoms with Gasteiger partial charge in [-0.15, -0.1) is 0 Å². The number of aromatic nitrogens is 2. The van der Waals surface area contributed by atoms with Gasteiger partial charge >= 0.3 is 11.7 Å². The molecular weight excluding hydrogens is 458 g/mol. The maximum atomic E-state index is 12.9. The van der Waals surface area contributed by atoms with Gasteiger partial charge in [-0.1, -0.05) is 35.9 Å². The van der Waals surface area contributed by atoms with Crippen LogP contribution in [-0.2, 0) is 11.3 Å². The number of fused-ring (bicyclic) bond motifs is 2. The Morgan fingerprint density at radius 1 is 0.912 bits per heavy atom. The van der Waals surface area contributed by atoms with E-state index in [0.29, 0.717) is 13.0 Å². The number of imidazole rings is 1. The van der Waals surface area contributed by atoms with Crippen molar-refractivity contribution in [2.24, 2.45) is 0 Å². The number of aryl methyl sites for hydroxylation is 1. The quantitative estimate of drug-likeness (QED) is 0.258. The Labute approximate surface area is 198 Å². The molecule has 0 unspecified atom stereocenters. The van der Waals surface area contributed by atoms with E-state index in [4.69, 9.17) is 16.3 Å². The van der Waals surface area contributed by atoms with Crippen molar-refractivity contribution in [2.45, 2.75) is 13.0 Å². The molecule has 0 radical (unpaired) electrons. The monoisotopic (exact) mass is 475 g/mol. The Balaban J connectivity index is 1.26. The maximum Gasteiger partial charge on any atom is 0.338 e. The van der Waals surface area contributed by atoms with Crippen LogP contribution in [0.1, 0.15) is 37.5 Å². The molecule has 0 atom stereocenters. The third kappa shape index (κ3) is 3.68.